The van der Waals surface area contributed by atoms with Crippen molar-refractivity contribution in [2.75, 3.05) is 6.54 Å². The van der Waals surface area contributed by atoms with Crippen LogP contribution in [0.1, 0.15) is 49.4 Å². The van der Waals surface area contributed by atoms with Crippen molar-refractivity contribution in [2.45, 2.75) is 45.1 Å². The molecule has 4 nitrogen and oxygen atoms in total. The molecule has 1 aromatic carbocycles. The number of hydrogen-bond acceptors (Lipinski definition) is 2. The first-order valence-electron chi connectivity index (χ1n) is 7.54. The van der Waals surface area contributed by atoms with Crippen LogP contribution in [0.5, 0.6) is 0 Å². The molecule has 0 bridgehead atoms. The Hall–Kier alpha value is -1.84. The van der Waals surface area contributed by atoms with Crippen LogP contribution in [0.15, 0.2) is 24.4 Å². The van der Waals surface area contributed by atoms with Gasteiger partial charge < -0.3 is 4.90 Å². The average Bonchev–Trinajstić information content (AvgIpc) is 2.97. The number of aromatic nitrogens is 2. The van der Waals surface area contributed by atoms with Crippen LogP contribution in [0.25, 0.3) is 10.9 Å². The third-order valence-corrected chi connectivity index (χ3v) is 4.32. The lowest BCUT2D eigenvalue weighted by atomic mass is 9.93. The molecule has 106 valence electrons. The summed E-state index contributed by atoms with van der Waals surface area (Å²) >= 11 is 0. The largest absolute Gasteiger partial charge is 0.336 e. The van der Waals surface area contributed by atoms with Gasteiger partial charge in [-0.25, -0.2) is 0 Å². The van der Waals surface area contributed by atoms with E-state index in [9.17, 15) is 4.79 Å². The molecule has 1 amide bonds. The summed E-state index contributed by atoms with van der Waals surface area (Å²) in [6, 6.07) is 6.21. The zero-order chi connectivity index (χ0) is 13.9. The lowest BCUT2D eigenvalue weighted by Gasteiger charge is -2.33. The third kappa shape index (κ3) is 2.30. The molecule has 1 fully saturated rings. The van der Waals surface area contributed by atoms with E-state index in [1.54, 1.807) is 6.20 Å². The predicted molar refractivity (Wildman–Crippen MR) is 79.7 cm³/mol. The van der Waals surface area contributed by atoms with E-state index in [2.05, 4.69) is 17.1 Å². The van der Waals surface area contributed by atoms with Crippen LogP contribution >= 0.6 is 0 Å². The molecular formula is C16H21N3O. The molecule has 0 spiro atoms. The Labute approximate surface area is 119 Å². The molecule has 0 radical (unpaired) electrons. The number of rotatable bonds is 3. The number of carbonyl (C=O) groups is 1. The number of H-pyrrole nitrogens is 1. The van der Waals surface area contributed by atoms with Gasteiger partial charge in [-0.1, -0.05) is 31.4 Å². The van der Waals surface area contributed by atoms with E-state index in [-0.39, 0.29) is 5.91 Å². The van der Waals surface area contributed by atoms with Crippen LogP contribution in [0.3, 0.4) is 0 Å². The molecule has 0 aliphatic heterocycles. The number of benzene rings is 1. The molecule has 4 heteroatoms. The summed E-state index contributed by atoms with van der Waals surface area (Å²) in [7, 11) is 0. The number of para-hydroxylation sites is 1. The average molecular weight is 271 g/mol. The molecule has 0 saturated heterocycles. The van der Waals surface area contributed by atoms with Gasteiger partial charge in [-0.15, -0.1) is 0 Å². The number of aromatic amines is 1. The van der Waals surface area contributed by atoms with Crippen LogP contribution in [0.2, 0.25) is 0 Å². The monoisotopic (exact) mass is 271 g/mol. The fourth-order valence-electron chi connectivity index (χ4n) is 3.26. The topological polar surface area (TPSA) is 49.0 Å². The smallest absolute Gasteiger partial charge is 0.256 e. The van der Waals surface area contributed by atoms with Gasteiger partial charge in [0.15, 0.2) is 0 Å². The molecule has 1 aliphatic carbocycles. The Morgan fingerprint density at radius 2 is 2.15 bits per heavy atom. The highest BCUT2D eigenvalue weighted by atomic mass is 16.2. The van der Waals surface area contributed by atoms with Crippen molar-refractivity contribution < 1.29 is 4.79 Å². The van der Waals surface area contributed by atoms with Crippen LogP contribution in [0.4, 0.5) is 0 Å². The van der Waals surface area contributed by atoms with Crippen molar-refractivity contribution in [3.63, 3.8) is 0 Å². The Morgan fingerprint density at radius 1 is 1.35 bits per heavy atom. The van der Waals surface area contributed by atoms with E-state index >= 15 is 0 Å². The van der Waals surface area contributed by atoms with Gasteiger partial charge in [0.2, 0.25) is 0 Å². The normalized spacial score (nSPS) is 16.4. The van der Waals surface area contributed by atoms with Crippen molar-refractivity contribution in [3.05, 3.63) is 30.0 Å². The predicted octanol–water partition coefficient (Wildman–Crippen LogP) is 3.36. The second kappa shape index (κ2) is 5.65. The molecule has 1 aromatic heterocycles. The van der Waals surface area contributed by atoms with E-state index < -0.39 is 0 Å². The van der Waals surface area contributed by atoms with Gasteiger partial charge in [0, 0.05) is 18.0 Å². The number of nitrogens with one attached hydrogen (secondary N) is 1. The minimum Gasteiger partial charge on any atom is -0.336 e. The van der Waals surface area contributed by atoms with Gasteiger partial charge in [-0.3, -0.25) is 9.89 Å². The van der Waals surface area contributed by atoms with Crippen LogP contribution < -0.4 is 0 Å². The maximum Gasteiger partial charge on any atom is 0.256 e. The maximum atomic E-state index is 12.9. The molecule has 1 heterocycles. The van der Waals surface area contributed by atoms with Crippen molar-refractivity contribution >= 4 is 16.8 Å². The van der Waals surface area contributed by atoms with E-state index in [1.807, 2.05) is 23.1 Å². The van der Waals surface area contributed by atoms with Gasteiger partial charge >= 0.3 is 0 Å². The Kier molecular flexibility index (Phi) is 3.72. The number of fused-ring (bicyclic) bond motifs is 1. The Balaban J connectivity index is 1.91. The highest BCUT2D eigenvalue weighted by Gasteiger charge is 2.26. The fraction of sp³-hybridized carbons (Fsp3) is 0.500. The van der Waals surface area contributed by atoms with E-state index in [0.717, 1.165) is 35.9 Å². The molecule has 1 N–H and O–H groups in total. The molecule has 0 unspecified atom stereocenters. The number of amides is 1. The lowest BCUT2D eigenvalue weighted by molar-refractivity contribution is 0.0650. The van der Waals surface area contributed by atoms with E-state index in [1.165, 1.54) is 19.3 Å². The quantitative estimate of drug-likeness (QED) is 0.930. The van der Waals surface area contributed by atoms with Gasteiger partial charge in [-0.2, -0.15) is 5.10 Å². The third-order valence-electron chi connectivity index (χ3n) is 4.32. The standard InChI is InChI=1S/C16H21N3O/c1-2-19(13-8-4-3-5-9-13)16(20)14-10-6-7-12-11-17-18-15(12)14/h6-7,10-11,13H,2-5,8-9H2,1H3,(H,17,18). The molecule has 2 aromatic rings. The summed E-state index contributed by atoms with van der Waals surface area (Å²) in [5.41, 5.74) is 1.60. The van der Waals surface area contributed by atoms with Crippen LogP contribution in [-0.4, -0.2) is 33.6 Å². The first-order valence-corrected chi connectivity index (χ1v) is 7.54. The van der Waals surface area contributed by atoms with E-state index in [4.69, 9.17) is 0 Å². The second-order valence-electron chi connectivity index (χ2n) is 5.52. The molecule has 3 rings (SSSR count). The molecule has 1 aliphatic rings. The summed E-state index contributed by atoms with van der Waals surface area (Å²) in [5, 5.41) is 8.00. The minimum absolute atomic E-state index is 0.134. The number of nitrogens with zero attached hydrogens (tertiary/aromatic N) is 2. The fourth-order valence-corrected chi connectivity index (χ4v) is 3.26. The molecule has 0 atom stereocenters. The summed E-state index contributed by atoms with van der Waals surface area (Å²) < 4.78 is 0. The SMILES string of the molecule is CCN(C(=O)c1cccc2cn[nH]c12)C1CCCCC1. The highest BCUT2D eigenvalue weighted by molar-refractivity contribution is 6.05. The summed E-state index contributed by atoms with van der Waals surface area (Å²) in [6.07, 6.45) is 7.82. The Bertz CT molecular complexity index is 599. The van der Waals surface area contributed by atoms with Crippen molar-refractivity contribution in [1.29, 1.82) is 0 Å². The zero-order valence-corrected chi connectivity index (χ0v) is 11.9. The second-order valence-corrected chi connectivity index (χ2v) is 5.52. The lowest BCUT2D eigenvalue weighted by Crippen LogP contribution is -2.41. The van der Waals surface area contributed by atoms with Gasteiger partial charge in [0.25, 0.3) is 5.91 Å². The van der Waals surface area contributed by atoms with Gasteiger partial charge in [-0.05, 0) is 25.8 Å². The zero-order valence-electron chi connectivity index (χ0n) is 11.9. The summed E-state index contributed by atoms with van der Waals surface area (Å²) in [4.78, 5) is 14.9. The van der Waals surface area contributed by atoms with Crippen LogP contribution in [-0.2, 0) is 0 Å². The van der Waals surface area contributed by atoms with E-state index in [0.29, 0.717) is 6.04 Å². The minimum atomic E-state index is 0.134. The van der Waals surface area contributed by atoms with Gasteiger partial charge in [0.1, 0.15) is 0 Å². The molecular weight excluding hydrogens is 250 g/mol. The summed E-state index contributed by atoms with van der Waals surface area (Å²) in [6.45, 7) is 2.84. The first kappa shape index (κ1) is 13.2. The number of hydrogen-bond donors (Lipinski definition) is 1. The highest BCUT2D eigenvalue weighted by Crippen LogP contribution is 2.25. The van der Waals surface area contributed by atoms with Crippen molar-refractivity contribution in [1.82, 2.24) is 15.1 Å². The van der Waals surface area contributed by atoms with Crippen LogP contribution in [0, 0.1) is 0 Å². The maximum absolute atomic E-state index is 12.9. The van der Waals surface area contributed by atoms with Crippen molar-refractivity contribution in [3.8, 4) is 0 Å². The van der Waals surface area contributed by atoms with Gasteiger partial charge in [0.05, 0.1) is 17.3 Å². The molecule has 20 heavy (non-hydrogen) atoms. The summed E-state index contributed by atoms with van der Waals surface area (Å²) in [5.74, 6) is 0.134. The molecule has 1 saturated carbocycles. The first-order chi connectivity index (χ1) is 9.81. The number of carbonyl (C=O) groups excluding carboxylic acids is 1. The van der Waals surface area contributed by atoms with Crippen molar-refractivity contribution in [2.24, 2.45) is 0 Å². The Morgan fingerprint density at radius 3 is 2.90 bits per heavy atom.